The van der Waals surface area contributed by atoms with Gasteiger partial charge in [-0.15, -0.1) is 0 Å². The number of fused-ring (bicyclic) bond motifs is 5. The molecule has 3 amide bonds. The second-order valence-corrected chi connectivity index (χ2v) is 24.7. The van der Waals surface area contributed by atoms with Crippen LogP contribution in [0.1, 0.15) is 207 Å². The van der Waals surface area contributed by atoms with E-state index in [-0.39, 0.29) is 36.2 Å². The van der Waals surface area contributed by atoms with Crippen LogP contribution in [-0.2, 0) is 23.8 Å². The van der Waals surface area contributed by atoms with E-state index in [1.54, 1.807) is 4.90 Å². The van der Waals surface area contributed by atoms with Crippen molar-refractivity contribution in [3.63, 3.8) is 0 Å². The molecule has 0 bridgehead atoms. The SMILES string of the molecule is CC[C@H](CC[C@@H](C)C1CCC2C3CC=C4CC(OC(=O)CCC(=O)N(CCC(C)(C)NC(=O)OC(C)(C)C)CCC(C)(C)NC(=O)OC(C)(C)C)CCC4(C)C3CCC21C)C(C)C. The maximum absolute atomic E-state index is 13.9. The predicted octanol–water partition coefficient (Wildman–Crippen LogP) is 12.6. The average Bonchev–Trinajstić information content (AvgIpc) is 3.49. The number of amides is 3. The number of carbonyl (C=O) groups excluding carboxylic acids is 4. The van der Waals surface area contributed by atoms with E-state index in [9.17, 15) is 19.2 Å². The molecule has 0 saturated heterocycles. The van der Waals surface area contributed by atoms with Crippen molar-refractivity contribution in [3.05, 3.63) is 11.6 Å². The van der Waals surface area contributed by atoms with Crippen LogP contribution in [0, 0.1) is 52.3 Å². The number of allylic oxidation sites excluding steroid dienone is 1. The number of hydrogen-bond donors (Lipinski definition) is 2. The molecule has 2 N–H and O–H groups in total. The van der Waals surface area contributed by atoms with Gasteiger partial charge in [0.2, 0.25) is 5.91 Å². The minimum absolute atomic E-state index is 0.00235. The highest BCUT2D eigenvalue weighted by Gasteiger charge is 2.59. The molecule has 7 unspecified atom stereocenters. The summed E-state index contributed by atoms with van der Waals surface area (Å²) in [6.07, 6.45) is 15.6. The third-order valence-corrected chi connectivity index (χ3v) is 16.2. The highest BCUT2D eigenvalue weighted by molar-refractivity contribution is 5.81. The van der Waals surface area contributed by atoms with E-state index in [0.717, 1.165) is 61.2 Å². The molecule has 0 aromatic heterocycles. The summed E-state index contributed by atoms with van der Waals surface area (Å²) in [5, 5.41) is 5.88. The van der Waals surface area contributed by atoms with E-state index >= 15 is 0 Å². The van der Waals surface area contributed by atoms with Crippen molar-refractivity contribution in [3.8, 4) is 0 Å². The molecule has 4 rings (SSSR count). The molecule has 0 radical (unpaired) electrons. The topological polar surface area (TPSA) is 123 Å². The molecule has 4 aliphatic carbocycles. The fourth-order valence-corrected chi connectivity index (χ4v) is 12.5. The highest BCUT2D eigenvalue weighted by atomic mass is 16.6. The molecule has 4 aliphatic rings. The second-order valence-electron chi connectivity index (χ2n) is 24.7. The van der Waals surface area contributed by atoms with Gasteiger partial charge in [-0.25, -0.2) is 9.59 Å². The minimum Gasteiger partial charge on any atom is -0.462 e. The van der Waals surface area contributed by atoms with Gasteiger partial charge in [0.05, 0.1) is 6.42 Å². The van der Waals surface area contributed by atoms with Crippen LogP contribution < -0.4 is 10.6 Å². The molecule has 3 fully saturated rings. The van der Waals surface area contributed by atoms with Gasteiger partial charge in [-0.3, -0.25) is 9.59 Å². The molecular formula is C53H93N3O7. The van der Waals surface area contributed by atoms with Crippen molar-refractivity contribution in [2.75, 3.05) is 13.1 Å². The van der Waals surface area contributed by atoms with Crippen LogP contribution >= 0.6 is 0 Å². The Labute approximate surface area is 384 Å². The molecule has 3 saturated carbocycles. The molecule has 0 heterocycles. The van der Waals surface area contributed by atoms with Gasteiger partial charge in [0, 0.05) is 37.0 Å². The molecule has 0 aliphatic heterocycles. The van der Waals surface area contributed by atoms with Crippen molar-refractivity contribution in [2.45, 2.75) is 235 Å². The van der Waals surface area contributed by atoms with Gasteiger partial charge >= 0.3 is 18.2 Å². The van der Waals surface area contributed by atoms with Gasteiger partial charge in [0.15, 0.2) is 0 Å². The smallest absolute Gasteiger partial charge is 0.408 e. The van der Waals surface area contributed by atoms with E-state index in [4.69, 9.17) is 14.2 Å². The van der Waals surface area contributed by atoms with Crippen LogP contribution in [0.15, 0.2) is 11.6 Å². The number of nitrogens with zero attached hydrogens (tertiary/aromatic N) is 1. The largest absolute Gasteiger partial charge is 0.462 e. The zero-order chi connectivity index (χ0) is 47.3. The van der Waals surface area contributed by atoms with E-state index in [1.807, 2.05) is 69.2 Å². The number of alkyl carbamates (subject to hydrolysis) is 2. The standard InChI is InChI=1S/C53H93N3O7/c1-17-37(35(2)3)19-18-36(4)41-22-23-42-40-21-20-38-34-39(26-28-52(38,15)43(40)27-29-53(41,42)16)61-45(58)25-24-44(57)56(32-30-50(11,12)54-46(59)62-48(5,6)7)33-31-51(13,14)55-47(60)63-49(8,9)10/h20,35-37,39-43H,17-19,21-34H2,1-16H3,(H,54,59)(H,55,60)/t36-,37-,39?,40?,41?,42?,43?,52?,53?/m1/s1. The van der Waals surface area contributed by atoms with Crippen molar-refractivity contribution in [2.24, 2.45) is 52.3 Å². The number of hydrogen-bond acceptors (Lipinski definition) is 7. The van der Waals surface area contributed by atoms with Crippen molar-refractivity contribution in [1.29, 1.82) is 0 Å². The Morgan fingerprint density at radius 2 is 1.33 bits per heavy atom. The van der Waals surface area contributed by atoms with E-state index in [1.165, 1.54) is 50.5 Å². The van der Waals surface area contributed by atoms with Gasteiger partial charge in [0.25, 0.3) is 0 Å². The molecule has 0 aromatic rings. The molecule has 63 heavy (non-hydrogen) atoms. The fraction of sp³-hybridized carbons (Fsp3) is 0.887. The average molecular weight is 884 g/mol. The van der Waals surface area contributed by atoms with Crippen LogP contribution in [0.5, 0.6) is 0 Å². The first-order valence-electron chi connectivity index (χ1n) is 25.2. The van der Waals surface area contributed by atoms with E-state index in [0.29, 0.717) is 37.3 Å². The highest BCUT2D eigenvalue weighted by Crippen LogP contribution is 2.67. The number of nitrogens with one attached hydrogen (secondary N) is 2. The summed E-state index contributed by atoms with van der Waals surface area (Å²) >= 11 is 0. The Morgan fingerprint density at radius 1 is 0.762 bits per heavy atom. The Hall–Kier alpha value is -2.78. The third-order valence-electron chi connectivity index (χ3n) is 16.2. The minimum atomic E-state index is -0.672. The lowest BCUT2D eigenvalue weighted by molar-refractivity contribution is -0.153. The van der Waals surface area contributed by atoms with Crippen LogP contribution in [0.3, 0.4) is 0 Å². The van der Waals surface area contributed by atoms with Crippen LogP contribution in [-0.4, -0.2) is 70.4 Å². The Morgan fingerprint density at radius 3 is 1.86 bits per heavy atom. The monoisotopic (exact) mass is 884 g/mol. The molecule has 10 heteroatoms. The molecule has 9 atom stereocenters. The zero-order valence-electron chi connectivity index (χ0n) is 43.0. The summed E-state index contributed by atoms with van der Waals surface area (Å²) in [5.74, 6) is 4.99. The van der Waals surface area contributed by atoms with Gasteiger partial charge < -0.3 is 29.7 Å². The molecule has 10 nitrogen and oxygen atoms in total. The summed E-state index contributed by atoms with van der Waals surface area (Å²) in [4.78, 5) is 54.3. The summed E-state index contributed by atoms with van der Waals surface area (Å²) in [7, 11) is 0. The second kappa shape index (κ2) is 20.8. The quantitative estimate of drug-likeness (QED) is 0.0798. The van der Waals surface area contributed by atoms with Crippen molar-refractivity contribution < 1.29 is 33.4 Å². The molecule has 0 spiro atoms. The normalized spacial score (nSPS) is 28.4. The lowest BCUT2D eigenvalue weighted by Crippen LogP contribution is -2.51. The first-order chi connectivity index (χ1) is 29.0. The van der Waals surface area contributed by atoms with Crippen molar-refractivity contribution >= 4 is 24.1 Å². The van der Waals surface area contributed by atoms with Gasteiger partial charge in [-0.1, -0.05) is 66.0 Å². The number of carbonyl (C=O) groups is 4. The van der Waals surface area contributed by atoms with Crippen LogP contribution in [0.4, 0.5) is 9.59 Å². The Bertz CT molecular complexity index is 1560. The van der Waals surface area contributed by atoms with E-state index < -0.39 is 34.5 Å². The number of esters is 1. The van der Waals surface area contributed by atoms with Crippen LogP contribution in [0.25, 0.3) is 0 Å². The maximum atomic E-state index is 13.9. The van der Waals surface area contributed by atoms with Gasteiger partial charge in [-0.2, -0.15) is 0 Å². The number of rotatable bonds is 18. The summed E-state index contributed by atoms with van der Waals surface area (Å²) in [6.45, 7) is 34.1. The van der Waals surface area contributed by atoms with Gasteiger partial charge in [-0.05, 0) is 186 Å². The lowest BCUT2D eigenvalue weighted by atomic mass is 9.47. The predicted molar refractivity (Wildman–Crippen MR) is 254 cm³/mol. The Kier molecular flexibility index (Phi) is 17.5. The number of ether oxygens (including phenoxy) is 3. The summed E-state index contributed by atoms with van der Waals surface area (Å²) in [5.41, 5.74) is -0.523. The zero-order valence-corrected chi connectivity index (χ0v) is 43.0. The fourth-order valence-electron chi connectivity index (χ4n) is 12.5. The van der Waals surface area contributed by atoms with E-state index in [2.05, 4.69) is 58.3 Å². The van der Waals surface area contributed by atoms with Crippen molar-refractivity contribution in [1.82, 2.24) is 15.5 Å². The molecular weight excluding hydrogens is 791 g/mol. The first kappa shape index (κ1) is 52.8. The first-order valence-corrected chi connectivity index (χ1v) is 25.2. The lowest BCUT2D eigenvalue weighted by Gasteiger charge is -2.58. The maximum Gasteiger partial charge on any atom is 0.408 e. The summed E-state index contributed by atoms with van der Waals surface area (Å²) in [6, 6.07) is 0. The molecule has 0 aromatic carbocycles. The third kappa shape index (κ3) is 14.6. The summed E-state index contributed by atoms with van der Waals surface area (Å²) < 4.78 is 17.1. The van der Waals surface area contributed by atoms with Gasteiger partial charge in [0.1, 0.15) is 17.3 Å². The Balaban J connectivity index is 1.34. The molecule has 362 valence electrons. The van der Waals surface area contributed by atoms with Crippen LogP contribution in [0.2, 0.25) is 0 Å².